The molecule has 0 bridgehead atoms. The van der Waals surface area contributed by atoms with Crippen LogP contribution in [-0.4, -0.2) is 45.5 Å². The molecule has 1 aliphatic rings. The summed E-state index contributed by atoms with van der Waals surface area (Å²) in [4.78, 5) is 26.7. The predicted molar refractivity (Wildman–Crippen MR) is 104 cm³/mol. The quantitative estimate of drug-likeness (QED) is 0.785. The summed E-state index contributed by atoms with van der Waals surface area (Å²) in [7, 11) is 0. The molecule has 1 heterocycles. The third-order valence-electron chi connectivity index (χ3n) is 4.55. The molecule has 0 spiro atoms. The first kappa shape index (κ1) is 18.1. The Morgan fingerprint density at radius 1 is 1.28 bits per heavy atom. The Morgan fingerprint density at radius 2 is 2.00 bits per heavy atom. The van der Waals surface area contributed by atoms with E-state index in [0.29, 0.717) is 18.7 Å². The van der Waals surface area contributed by atoms with Gasteiger partial charge in [-0.3, -0.25) is 4.79 Å². The lowest BCUT2D eigenvalue weighted by molar-refractivity contribution is -0.149. The highest BCUT2D eigenvalue weighted by atomic mass is 32.2. The predicted octanol–water partition coefficient (Wildman–Crippen LogP) is 3.55. The zero-order valence-corrected chi connectivity index (χ0v) is 15.7. The fraction of sp³-hybridized carbons (Fsp3) is 0.368. The van der Waals surface area contributed by atoms with Crippen molar-refractivity contribution in [1.29, 1.82) is 0 Å². The van der Waals surface area contributed by atoms with Crippen molar-refractivity contribution >= 4 is 47.0 Å². The topological polar surface area (TPSA) is 57.6 Å². The average molecular weight is 376 g/mol. The molecule has 0 radical (unpaired) electrons. The highest BCUT2D eigenvalue weighted by Crippen LogP contribution is 2.35. The standard InChI is InChI=1S/C19H21NO3S2/c1-12(11-24)18(21)20-10-16(9-17(20)19(22)23)25-15-7-6-13-4-2-3-5-14(13)8-15/h2-8,12,16-17,24H,9-11H2,1H3,(H,22,23)/t12-,16+,17+/m1/s1. The molecule has 1 fully saturated rings. The van der Waals surface area contributed by atoms with Gasteiger partial charge in [0.1, 0.15) is 6.04 Å². The lowest BCUT2D eigenvalue weighted by Gasteiger charge is -2.24. The molecule has 1 amide bonds. The summed E-state index contributed by atoms with van der Waals surface area (Å²) in [5.74, 6) is -0.899. The maximum atomic E-state index is 12.5. The third kappa shape index (κ3) is 3.96. The Balaban J connectivity index is 1.76. The highest BCUT2D eigenvalue weighted by molar-refractivity contribution is 8.00. The van der Waals surface area contributed by atoms with Crippen molar-refractivity contribution in [3.05, 3.63) is 42.5 Å². The number of rotatable bonds is 5. The van der Waals surface area contributed by atoms with Crippen LogP contribution in [0.5, 0.6) is 0 Å². The van der Waals surface area contributed by atoms with E-state index in [1.807, 2.05) is 12.1 Å². The fourth-order valence-electron chi connectivity index (χ4n) is 3.15. The molecule has 0 aromatic heterocycles. The van der Waals surface area contributed by atoms with Gasteiger partial charge >= 0.3 is 5.97 Å². The van der Waals surface area contributed by atoms with Crippen LogP contribution in [0.2, 0.25) is 0 Å². The largest absolute Gasteiger partial charge is 0.480 e. The number of carboxylic acid groups (broad SMARTS) is 1. The molecule has 3 rings (SSSR count). The molecule has 2 aromatic rings. The lowest BCUT2D eigenvalue weighted by atomic mass is 10.1. The normalized spacial score (nSPS) is 21.4. The summed E-state index contributed by atoms with van der Waals surface area (Å²) in [5.41, 5.74) is 0. The van der Waals surface area contributed by atoms with E-state index in [2.05, 4.69) is 43.0 Å². The van der Waals surface area contributed by atoms with Gasteiger partial charge < -0.3 is 10.0 Å². The van der Waals surface area contributed by atoms with Crippen LogP contribution in [0.3, 0.4) is 0 Å². The Kier molecular flexibility index (Phi) is 5.59. The smallest absolute Gasteiger partial charge is 0.326 e. The Bertz CT molecular complexity index is 795. The number of aliphatic carboxylic acids is 1. The zero-order valence-electron chi connectivity index (χ0n) is 14.0. The average Bonchev–Trinajstić information content (AvgIpc) is 3.04. The van der Waals surface area contributed by atoms with E-state index in [-0.39, 0.29) is 17.1 Å². The Labute approximate surface area is 157 Å². The number of benzene rings is 2. The molecule has 2 aromatic carbocycles. The summed E-state index contributed by atoms with van der Waals surface area (Å²) in [6.07, 6.45) is 0.470. The second-order valence-corrected chi connectivity index (χ2v) is 8.15. The number of nitrogens with zero attached hydrogens (tertiary/aromatic N) is 1. The van der Waals surface area contributed by atoms with Crippen molar-refractivity contribution in [3.63, 3.8) is 0 Å². The number of carbonyl (C=O) groups excluding carboxylic acids is 1. The lowest BCUT2D eigenvalue weighted by Crippen LogP contribution is -2.43. The molecule has 3 atom stereocenters. The number of amides is 1. The first-order chi connectivity index (χ1) is 12.0. The van der Waals surface area contributed by atoms with Gasteiger partial charge in [0.15, 0.2) is 0 Å². The minimum absolute atomic E-state index is 0.0818. The first-order valence-electron chi connectivity index (χ1n) is 8.29. The van der Waals surface area contributed by atoms with E-state index < -0.39 is 12.0 Å². The summed E-state index contributed by atoms with van der Waals surface area (Å²) in [6.45, 7) is 2.25. The van der Waals surface area contributed by atoms with Crippen molar-refractivity contribution in [1.82, 2.24) is 4.90 Å². The number of carboxylic acids is 1. The van der Waals surface area contributed by atoms with Gasteiger partial charge in [0.05, 0.1) is 0 Å². The number of hydrogen-bond acceptors (Lipinski definition) is 4. The second kappa shape index (κ2) is 7.70. The van der Waals surface area contributed by atoms with Crippen LogP contribution in [0.1, 0.15) is 13.3 Å². The molecule has 0 aliphatic carbocycles. The second-order valence-electron chi connectivity index (χ2n) is 6.41. The molecular weight excluding hydrogens is 354 g/mol. The molecule has 25 heavy (non-hydrogen) atoms. The van der Waals surface area contributed by atoms with Crippen molar-refractivity contribution < 1.29 is 14.7 Å². The van der Waals surface area contributed by atoms with E-state index in [4.69, 9.17) is 0 Å². The van der Waals surface area contributed by atoms with Crippen molar-refractivity contribution in [3.8, 4) is 0 Å². The third-order valence-corrected chi connectivity index (χ3v) is 6.30. The number of carbonyl (C=O) groups is 2. The van der Waals surface area contributed by atoms with Crippen LogP contribution in [0.25, 0.3) is 10.8 Å². The van der Waals surface area contributed by atoms with E-state index >= 15 is 0 Å². The first-order valence-corrected chi connectivity index (χ1v) is 9.80. The summed E-state index contributed by atoms with van der Waals surface area (Å²) in [6, 6.07) is 13.7. The summed E-state index contributed by atoms with van der Waals surface area (Å²) in [5, 5.41) is 11.9. The van der Waals surface area contributed by atoms with E-state index in [1.165, 1.54) is 10.3 Å². The van der Waals surface area contributed by atoms with Gasteiger partial charge in [0.2, 0.25) is 5.91 Å². The van der Waals surface area contributed by atoms with E-state index in [0.717, 1.165) is 10.3 Å². The van der Waals surface area contributed by atoms with Crippen LogP contribution in [0, 0.1) is 5.92 Å². The van der Waals surface area contributed by atoms with Gasteiger partial charge in [-0.05, 0) is 29.3 Å². The molecule has 132 valence electrons. The maximum absolute atomic E-state index is 12.5. The molecule has 1 saturated heterocycles. The Morgan fingerprint density at radius 3 is 2.68 bits per heavy atom. The molecule has 1 N–H and O–H groups in total. The fourth-order valence-corrected chi connectivity index (χ4v) is 4.55. The van der Waals surface area contributed by atoms with Crippen LogP contribution in [-0.2, 0) is 9.59 Å². The van der Waals surface area contributed by atoms with Crippen molar-refractivity contribution in [2.24, 2.45) is 5.92 Å². The van der Waals surface area contributed by atoms with Crippen LogP contribution in [0.4, 0.5) is 0 Å². The Hall–Kier alpha value is -1.66. The SMILES string of the molecule is C[C@H](CS)C(=O)N1C[C@@H](Sc2ccc3ccccc3c2)C[C@H]1C(=O)O. The molecule has 0 unspecified atom stereocenters. The molecule has 0 saturated carbocycles. The molecule has 4 nitrogen and oxygen atoms in total. The van der Waals surface area contributed by atoms with E-state index in [9.17, 15) is 14.7 Å². The summed E-state index contributed by atoms with van der Waals surface area (Å²) >= 11 is 5.82. The van der Waals surface area contributed by atoms with Gasteiger partial charge in [-0.15, -0.1) is 11.8 Å². The van der Waals surface area contributed by atoms with Crippen LogP contribution < -0.4 is 0 Å². The highest BCUT2D eigenvalue weighted by Gasteiger charge is 2.41. The van der Waals surface area contributed by atoms with Crippen molar-refractivity contribution in [2.45, 2.75) is 29.5 Å². The number of hydrogen-bond donors (Lipinski definition) is 2. The number of likely N-dealkylation sites (tertiary alicyclic amines) is 1. The van der Waals surface area contributed by atoms with Gasteiger partial charge in [-0.25, -0.2) is 4.79 Å². The molecular formula is C19H21NO3S2. The van der Waals surface area contributed by atoms with E-state index in [1.54, 1.807) is 18.7 Å². The molecule has 6 heteroatoms. The minimum Gasteiger partial charge on any atom is -0.480 e. The summed E-state index contributed by atoms with van der Waals surface area (Å²) < 4.78 is 0. The molecule has 1 aliphatic heterocycles. The van der Waals surface area contributed by atoms with Crippen LogP contribution in [0.15, 0.2) is 47.4 Å². The number of thiol groups is 1. The monoisotopic (exact) mass is 375 g/mol. The van der Waals surface area contributed by atoms with Gasteiger partial charge in [0.25, 0.3) is 0 Å². The van der Waals surface area contributed by atoms with Gasteiger partial charge in [0, 0.05) is 28.4 Å². The maximum Gasteiger partial charge on any atom is 0.326 e. The number of thioether (sulfide) groups is 1. The van der Waals surface area contributed by atoms with Gasteiger partial charge in [-0.2, -0.15) is 12.6 Å². The number of fused-ring (bicyclic) bond motifs is 1. The van der Waals surface area contributed by atoms with Crippen LogP contribution >= 0.6 is 24.4 Å². The zero-order chi connectivity index (χ0) is 18.0. The van der Waals surface area contributed by atoms with Gasteiger partial charge in [-0.1, -0.05) is 37.3 Å². The van der Waals surface area contributed by atoms with Crippen molar-refractivity contribution in [2.75, 3.05) is 12.3 Å². The minimum atomic E-state index is -0.929.